The molecule has 3 aromatic rings. The van der Waals surface area contributed by atoms with Crippen LogP contribution in [0.25, 0.3) is 21.8 Å². The number of aromatic nitrogens is 1. The van der Waals surface area contributed by atoms with Gasteiger partial charge in [0.1, 0.15) is 23.4 Å². The number of aromatic amines is 1. The van der Waals surface area contributed by atoms with Crippen LogP contribution in [-0.4, -0.2) is 32.7 Å². The summed E-state index contributed by atoms with van der Waals surface area (Å²) in [5.41, 5.74) is 1.57. The second-order valence-corrected chi connectivity index (χ2v) is 7.25. The van der Waals surface area contributed by atoms with Gasteiger partial charge in [-0.15, -0.1) is 0 Å². The quantitative estimate of drug-likeness (QED) is 0.589. The Morgan fingerprint density at radius 3 is 2.95 bits per heavy atom. The molecule has 1 N–H and O–H groups in total. The van der Waals surface area contributed by atoms with Crippen LogP contribution in [0.4, 0.5) is 0 Å². The van der Waals surface area contributed by atoms with Crippen molar-refractivity contribution in [1.29, 1.82) is 0 Å². The predicted molar refractivity (Wildman–Crippen MR) is 76.5 cm³/mol. The van der Waals surface area contributed by atoms with Crippen LogP contribution in [0.15, 0.2) is 40.1 Å². The molecule has 1 saturated heterocycles. The second kappa shape index (κ2) is 3.58. The minimum Gasteiger partial charge on any atom is -0.490 e. The van der Waals surface area contributed by atoms with Crippen molar-refractivity contribution in [3.8, 4) is 5.75 Å². The highest BCUT2D eigenvalue weighted by Gasteiger charge is 2.44. The van der Waals surface area contributed by atoms with Crippen molar-refractivity contribution in [2.75, 3.05) is 13.2 Å². The standard InChI is InChI=1S/C15H11NO4S/c17-21(18)12-5-11(20-7-8-6-19-8)13-9-3-1-2-4-10(9)16-14(13)15(12)21/h1-5,8,16H,6-7H2. The largest absolute Gasteiger partial charge is 0.490 e. The Morgan fingerprint density at radius 1 is 1.33 bits per heavy atom. The Bertz CT molecular complexity index is 1020. The van der Waals surface area contributed by atoms with Crippen LogP contribution in [0.3, 0.4) is 0 Å². The summed E-state index contributed by atoms with van der Waals surface area (Å²) in [7, 11) is -3.24. The third-order valence-corrected chi connectivity index (χ3v) is 5.67. The molecule has 0 spiro atoms. The van der Waals surface area contributed by atoms with Crippen LogP contribution in [0.1, 0.15) is 0 Å². The van der Waals surface area contributed by atoms with Crippen LogP contribution in [0.2, 0.25) is 0 Å². The van der Waals surface area contributed by atoms with E-state index in [-0.39, 0.29) is 6.10 Å². The van der Waals surface area contributed by atoms with Crippen molar-refractivity contribution in [3.05, 3.63) is 30.3 Å². The topological polar surface area (TPSA) is 71.7 Å². The fourth-order valence-corrected chi connectivity index (χ4v) is 4.29. The minimum absolute atomic E-state index is 0.130. The number of benzene rings is 2. The number of sulfone groups is 1. The molecule has 3 heterocycles. The van der Waals surface area contributed by atoms with E-state index in [2.05, 4.69) is 4.98 Å². The number of epoxide rings is 1. The van der Waals surface area contributed by atoms with Crippen molar-refractivity contribution < 1.29 is 17.9 Å². The zero-order valence-corrected chi connectivity index (χ0v) is 11.7. The van der Waals surface area contributed by atoms with E-state index in [1.54, 1.807) is 6.07 Å². The smallest absolute Gasteiger partial charge is 0.211 e. The van der Waals surface area contributed by atoms with Gasteiger partial charge < -0.3 is 14.5 Å². The molecule has 0 aliphatic carbocycles. The second-order valence-electron chi connectivity index (χ2n) is 5.39. The number of hydrogen-bond acceptors (Lipinski definition) is 4. The van der Waals surface area contributed by atoms with Crippen molar-refractivity contribution in [2.45, 2.75) is 15.9 Å². The van der Waals surface area contributed by atoms with E-state index < -0.39 is 9.84 Å². The summed E-state index contributed by atoms with van der Waals surface area (Å²) >= 11 is 0. The van der Waals surface area contributed by atoms with Crippen molar-refractivity contribution >= 4 is 31.6 Å². The van der Waals surface area contributed by atoms with Gasteiger partial charge in [-0.1, -0.05) is 18.2 Å². The maximum Gasteiger partial charge on any atom is 0.211 e. The molecule has 0 radical (unpaired) electrons. The maximum absolute atomic E-state index is 12.0. The number of hydrogen-bond donors (Lipinski definition) is 1. The fraction of sp³-hybridized carbons (Fsp3) is 0.200. The van der Waals surface area contributed by atoms with Gasteiger partial charge in [0.15, 0.2) is 0 Å². The number of ether oxygens (including phenoxy) is 2. The molecule has 21 heavy (non-hydrogen) atoms. The Labute approximate surface area is 120 Å². The third kappa shape index (κ3) is 1.51. The van der Waals surface area contributed by atoms with Crippen molar-refractivity contribution in [2.24, 2.45) is 0 Å². The van der Waals surface area contributed by atoms with Crippen molar-refractivity contribution in [3.63, 3.8) is 0 Å². The molecule has 1 atom stereocenters. The normalized spacial score (nSPS) is 21.4. The molecule has 0 amide bonds. The highest BCUT2D eigenvalue weighted by Crippen LogP contribution is 2.50. The van der Waals surface area contributed by atoms with Crippen LogP contribution in [-0.2, 0) is 14.6 Å². The molecule has 5 nitrogen and oxygen atoms in total. The number of nitrogens with one attached hydrogen (secondary N) is 1. The van der Waals surface area contributed by atoms with Gasteiger partial charge in [0.25, 0.3) is 0 Å². The van der Waals surface area contributed by atoms with E-state index in [0.717, 1.165) is 16.3 Å². The average Bonchev–Trinajstić information content (AvgIpc) is 3.34. The highest BCUT2D eigenvalue weighted by atomic mass is 32.2. The lowest BCUT2D eigenvalue weighted by atomic mass is 10.1. The van der Waals surface area contributed by atoms with E-state index in [1.165, 1.54) is 0 Å². The maximum atomic E-state index is 12.0. The van der Waals surface area contributed by atoms with Gasteiger partial charge in [-0.2, -0.15) is 0 Å². The first-order valence-corrected chi connectivity index (χ1v) is 8.21. The summed E-state index contributed by atoms with van der Waals surface area (Å²) in [6.07, 6.45) is 0.130. The molecule has 2 aliphatic rings. The molecule has 0 bridgehead atoms. The van der Waals surface area contributed by atoms with Crippen LogP contribution < -0.4 is 4.74 Å². The highest BCUT2D eigenvalue weighted by molar-refractivity contribution is 7.97. The van der Waals surface area contributed by atoms with Crippen LogP contribution >= 0.6 is 0 Å². The minimum atomic E-state index is -3.24. The monoisotopic (exact) mass is 301 g/mol. The van der Waals surface area contributed by atoms with Crippen LogP contribution in [0, 0.1) is 0 Å². The molecule has 6 heteroatoms. The number of rotatable bonds is 3. The van der Waals surface area contributed by atoms with E-state index in [0.29, 0.717) is 34.3 Å². The van der Waals surface area contributed by atoms with Gasteiger partial charge in [-0.25, -0.2) is 8.42 Å². The molecule has 5 rings (SSSR count). The molecular weight excluding hydrogens is 290 g/mol. The number of H-pyrrole nitrogens is 1. The Balaban J connectivity index is 1.82. The molecule has 1 aromatic heterocycles. The van der Waals surface area contributed by atoms with Gasteiger partial charge in [0.2, 0.25) is 9.84 Å². The molecular formula is C15H11NO4S. The van der Waals surface area contributed by atoms with Gasteiger partial charge in [0.05, 0.1) is 22.4 Å². The first-order valence-electron chi connectivity index (χ1n) is 6.73. The Kier molecular flexibility index (Phi) is 1.98. The van der Waals surface area contributed by atoms with E-state index in [4.69, 9.17) is 9.47 Å². The summed E-state index contributed by atoms with van der Waals surface area (Å²) in [5, 5.41) is 1.81. The lowest BCUT2D eigenvalue weighted by Crippen LogP contribution is -2.04. The number of para-hydroxylation sites is 1. The van der Waals surface area contributed by atoms with Gasteiger partial charge in [0, 0.05) is 17.0 Å². The molecule has 106 valence electrons. The van der Waals surface area contributed by atoms with Gasteiger partial charge in [-0.05, 0) is 6.07 Å². The summed E-state index contributed by atoms with van der Waals surface area (Å²) in [4.78, 5) is 3.98. The Hall–Kier alpha value is -2.05. The number of fused-ring (bicyclic) bond motifs is 5. The van der Waals surface area contributed by atoms with Crippen molar-refractivity contribution in [1.82, 2.24) is 4.98 Å². The van der Waals surface area contributed by atoms with E-state index in [1.807, 2.05) is 24.3 Å². The fourth-order valence-electron chi connectivity index (χ4n) is 2.83. The molecule has 0 saturated carbocycles. The first-order chi connectivity index (χ1) is 10.2. The van der Waals surface area contributed by atoms with E-state index >= 15 is 0 Å². The summed E-state index contributed by atoms with van der Waals surface area (Å²) < 4.78 is 35.0. The Morgan fingerprint density at radius 2 is 2.14 bits per heavy atom. The summed E-state index contributed by atoms with van der Waals surface area (Å²) in [5.74, 6) is 0.609. The molecule has 2 aliphatic heterocycles. The van der Waals surface area contributed by atoms with E-state index in [9.17, 15) is 8.42 Å². The lowest BCUT2D eigenvalue weighted by Gasteiger charge is -2.04. The third-order valence-electron chi connectivity index (χ3n) is 4.01. The SMILES string of the molecule is O=S1(=O)c2cc(OCC3CO3)c3c([nH]c4ccccc43)c21. The van der Waals surface area contributed by atoms with Crippen LogP contribution in [0.5, 0.6) is 5.75 Å². The zero-order valence-electron chi connectivity index (χ0n) is 10.9. The molecule has 1 fully saturated rings. The van der Waals surface area contributed by atoms with Gasteiger partial charge >= 0.3 is 0 Å². The van der Waals surface area contributed by atoms with Gasteiger partial charge in [-0.3, -0.25) is 0 Å². The first kappa shape index (κ1) is 11.6. The average molecular weight is 301 g/mol. The summed E-state index contributed by atoms with van der Waals surface area (Å²) in [6, 6.07) is 9.39. The molecule has 1 unspecified atom stereocenters. The zero-order chi connectivity index (χ0) is 14.2. The molecule has 2 aromatic carbocycles. The summed E-state index contributed by atoms with van der Waals surface area (Å²) in [6.45, 7) is 1.16. The lowest BCUT2D eigenvalue weighted by molar-refractivity contribution is 0.265. The predicted octanol–water partition coefficient (Wildman–Crippen LogP) is 2.24.